The Morgan fingerprint density at radius 1 is 1.80 bits per heavy atom. The van der Waals surface area contributed by atoms with Gasteiger partial charge in [-0.3, -0.25) is 4.79 Å². The molecule has 0 aliphatic rings. The fourth-order valence-electron chi connectivity index (χ4n) is 0. The molecule has 2 nitrogen and oxygen atoms in total. The smallest absolute Gasteiger partial charge is 0.273 e. The molecule has 0 heterocycles. The molecule has 0 bridgehead atoms. The third kappa shape index (κ3) is 71.3. The summed E-state index contributed by atoms with van der Waals surface area (Å²) in [4.78, 5) is 9.09. The molecule has 0 aliphatic carbocycles. The number of carbonyl (C=O) groups excluding carboxylic acids is 1. The molecule has 5 heavy (non-hydrogen) atoms. The van der Waals surface area contributed by atoms with Crippen LogP contribution in [0.25, 0.3) is 0 Å². The third-order valence-electron chi connectivity index (χ3n) is 0. The first-order valence-electron chi connectivity index (χ1n) is 0.716. The molecule has 0 aromatic heterocycles. The average Bonchev–Trinajstić information content (AvgIpc) is 0.811. The van der Waals surface area contributed by atoms with Crippen LogP contribution in [-0.2, 0) is 25.8 Å². The van der Waals surface area contributed by atoms with Gasteiger partial charge < -0.3 is 5.73 Å². The molecule has 0 saturated heterocycles. The van der Waals surface area contributed by atoms with Crippen molar-refractivity contribution in [2.75, 3.05) is 0 Å². The van der Waals surface area contributed by atoms with Crippen LogP contribution in [0.15, 0.2) is 0 Å². The van der Waals surface area contributed by atoms with E-state index < -0.39 is 5.24 Å². The van der Waals surface area contributed by atoms with Crippen LogP contribution in [0.1, 0.15) is 0 Å². The van der Waals surface area contributed by atoms with E-state index in [0.717, 1.165) is 0 Å². The molecule has 0 atom stereocenters. The van der Waals surface area contributed by atoms with E-state index in [4.69, 9.17) is 4.79 Å². The van der Waals surface area contributed by atoms with Gasteiger partial charge in [-0.15, -0.1) is 0 Å². The Hall–Kier alpha value is 0.690. The van der Waals surface area contributed by atoms with Crippen molar-refractivity contribution in [1.29, 1.82) is 0 Å². The molecule has 0 rings (SSSR count). The van der Waals surface area contributed by atoms with Crippen molar-refractivity contribution >= 4 is 17.9 Å². The normalized spacial score (nSPS) is 5.00. The Balaban J connectivity index is 0. The Morgan fingerprint density at radius 2 is 1.80 bits per heavy atom. The molecule has 4 heteroatoms. The van der Waals surface area contributed by atoms with Crippen LogP contribution in [0.4, 0.5) is 4.79 Å². The summed E-state index contributed by atoms with van der Waals surface area (Å²) in [7, 11) is 0. The van der Waals surface area contributed by atoms with Crippen LogP contribution in [0.3, 0.4) is 0 Å². The Kier molecular flexibility index (Phi) is 8.62. The van der Waals surface area contributed by atoms with E-state index >= 15 is 0 Å². The summed E-state index contributed by atoms with van der Waals surface area (Å²) in [5, 5.41) is -0.639. The van der Waals surface area contributed by atoms with E-state index in [9.17, 15) is 0 Å². The van der Waals surface area contributed by atoms with Gasteiger partial charge in [0.25, 0.3) is 5.24 Å². The summed E-state index contributed by atoms with van der Waals surface area (Å²) in [5.41, 5.74) is 4.34. The van der Waals surface area contributed by atoms with Crippen LogP contribution >= 0.6 is 12.6 Å². The van der Waals surface area contributed by atoms with E-state index in [2.05, 4.69) is 18.4 Å². The number of hydrogen-bond donors (Lipinski definition) is 2. The molecule has 0 aromatic carbocycles. The van der Waals surface area contributed by atoms with Gasteiger partial charge in [0.2, 0.25) is 0 Å². The van der Waals surface area contributed by atoms with Gasteiger partial charge in [0.1, 0.15) is 0 Å². The van der Waals surface area contributed by atoms with Crippen molar-refractivity contribution in [1.82, 2.24) is 0 Å². The number of hydrogen-bond acceptors (Lipinski definition) is 1. The van der Waals surface area contributed by atoms with Crippen molar-refractivity contribution in [2.45, 2.75) is 0 Å². The SMILES string of the molecule is NC(=O)S.[Hf]. The first kappa shape index (κ1) is 9.19. The maximum absolute atomic E-state index is 9.09. The summed E-state index contributed by atoms with van der Waals surface area (Å²) in [6, 6.07) is 0. The van der Waals surface area contributed by atoms with Gasteiger partial charge in [0.15, 0.2) is 0 Å². The minimum atomic E-state index is -0.639. The number of amides is 1. The standard InChI is InChI=1S/CH3NOS.Hf/c2-1(3)4;/h(H3,2,3,4);. The molecule has 0 radical (unpaired) electrons. The van der Waals surface area contributed by atoms with Crippen molar-refractivity contribution in [2.24, 2.45) is 5.73 Å². The molecule has 0 unspecified atom stereocenters. The zero-order valence-electron chi connectivity index (χ0n) is 2.43. The largest absolute Gasteiger partial charge is 0.361 e. The van der Waals surface area contributed by atoms with E-state index in [1.807, 2.05) is 0 Å². The zero-order valence-corrected chi connectivity index (χ0v) is 6.92. The Bertz CT molecular complexity index is 34.6. The summed E-state index contributed by atoms with van der Waals surface area (Å²) >= 11 is 3.10. The third-order valence-corrected chi connectivity index (χ3v) is 0. The second-order valence-corrected chi connectivity index (χ2v) is 0.779. The van der Waals surface area contributed by atoms with Gasteiger partial charge in [-0.25, -0.2) is 0 Å². The van der Waals surface area contributed by atoms with Crippen LogP contribution in [-0.4, -0.2) is 5.24 Å². The predicted molar refractivity (Wildman–Crippen MR) is 18.6 cm³/mol. The van der Waals surface area contributed by atoms with Crippen molar-refractivity contribution in [3.05, 3.63) is 0 Å². The summed E-state index contributed by atoms with van der Waals surface area (Å²) in [6.07, 6.45) is 0. The van der Waals surface area contributed by atoms with Crippen LogP contribution in [0.5, 0.6) is 0 Å². The number of carbonyl (C=O) groups is 1. The maximum atomic E-state index is 9.09. The Morgan fingerprint density at radius 3 is 1.80 bits per heavy atom. The second-order valence-electron chi connectivity index (χ2n) is 0.338. The molecular formula is CH3HfNOS. The molecule has 28 valence electrons. The summed E-state index contributed by atoms with van der Waals surface area (Å²) in [5.74, 6) is 0. The minimum absolute atomic E-state index is 0. The van der Waals surface area contributed by atoms with E-state index in [-0.39, 0.29) is 25.8 Å². The molecule has 0 aromatic rings. The Labute approximate surface area is 54.3 Å². The first-order valence-corrected chi connectivity index (χ1v) is 1.16. The van der Waals surface area contributed by atoms with E-state index in [0.29, 0.717) is 0 Å². The van der Waals surface area contributed by atoms with Crippen LogP contribution in [0.2, 0.25) is 0 Å². The maximum Gasteiger partial charge on any atom is 0.273 e. The monoisotopic (exact) mass is 257 g/mol. The van der Waals surface area contributed by atoms with Gasteiger partial charge in [-0.1, -0.05) is 12.6 Å². The number of thiol groups is 1. The van der Waals surface area contributed by atoms with Crippen molar-refractivity contribution in [3.63, 3.8) is 0 Å². The summed E-state index contributed by atoms with van der Waals surface area (Å²) in [6.45, 7) is 0. The minimum Gasteiger partial charge on any atom is -0.361 e. The molecule has 2 N–H and O–H groups in total. The molecule has 0 saturated carbocycles. The summed E-state index contributed by atoms with van der Waals surface area (Å²) < 4.78 is 0. The van der Waals surface area contributed by atoms with Crippen LogP contribution < -0.4 is 5.73 Å². The van der Waals surface area contributed by atoms with E-state index in [1.54, 1.807) is 0 Å². The van der Waals surface area contributed by atoms with Gasteiger partial charge in [-0.2, -0.15) is 0 Å². The fourth-order valence-corrected chi connectivity index (χ4v) is 0. The topological polar surface area (TPSA) is 43.1 Å². The van der Waals surface area contributed by atoms with Gasteiger partial charge >= 0.3 is 0 Å². The van der Waals surface area contributed by atoms with Crippen molar-refractivity contribution < 1.29 is 30.6 Å². The van der Waals surface area contributed by atoms with E-state index in [1.165, 1.54) is 0 Å². The fraction of sp³-hybridized carbons (Fsp3) is 0. The predicted octanol–water partition coefficient (Wildman–Crippen LogP) is -0.00760. The number of rotatable bonds is 0. The van der Waals surface area contributed by atoms with Gasteiger partial charge in [0, 0.05) is 25.8 Å². The van der Waals surface area contributed by atoms with Gasteiger partial charge in [-0.05, 0) is 0 Å². The quantitative estimate of drug-likeness (QED) is 0.464. The first-order chi connectivity index (χ1) is 1.73. The molecular weight excluding hydrogens is 253 g/mol. The molecule has 0 spiro atoms. The number of nitrogens with two attached hydrogens (primary N) is 1. The zero-order chi connectivity index (χ0) is 3.58. The van der Waals surface area contributed by atoms with Crippen molar-refractivity contribution in [3.8, 4) is 0 Å². The average molecular weight is 256 g/mol. The van der Waals surface area contributed by atoms with Gasteiger partial charge in [0.05, 0.1) is 0 Å². The molecule has 0 fully saturated rings. The molecule has 1 amide bonds. The van der Waals surface area contributed by atoms with Crippen LogP contribution in [0, 0.1) is 0 Å². The second kappa shape index (κ2) is 4.69. The number of primary amides is 1. The molecule has 0 aliphatic heterocycles.